The van der Waals surface area contributed by atoms with Crippen LogP contribution < -0.4 is 20.2 Å². The van der Waals surface area contributed by atoms with E-state index in [9.17, 15) is 0 Å². The quantitative estimate of drug-likeness (QED) is 0.236. The monoisotopic (exact) mass is 518 g/mol. The van der Waals surface area contributed by atoms with Crippen LogP contribution in [0.1, 0.15) is 32.1 Å². The average Bonchev–Trinajstić information content (AvgIpc) is 3.04. The van der Waals surface area contributed by atoms with Gasteiger partial charge in [-0.05, 0) is 62.4 Å². The molecule has 196 valence electrons. The van der Waals surface area contributed by atoms with Gasteiger partial charge in [0.05, 0.1) is 17.4 Å². The Bertz CT molecular complexity index is 1770. The lowest BCUT2D eigenvalue weighted by atomic mass is 9.93. The summed E-state index contributed by atoms with van der Waals surface area (Å²) in [6.07, 6.45) is 26.2. The molecule has 3 aliphatic carbocycles. The fraction of sp³-hybridized carbons (Fsp3) is 0.158. The number of hydrogen-bond donors (Lipinski definition) is 0. The highest BCUT2D eigenvalue weighted by Crippen LogP contribution is 2.40. The zero-order chi connectivity index (χ0) is 26.7. The third-order valence-corrected chi connectivity index (χ3v) is 8.14. The largest absolute Gasteiger partial charge is 0.333 e. The molecule has 0 radical (unpaired) electrons. The Morgan fingerprint density at radius 1 is 0.550 bits per heavy atom. The molecule has 4 aromatic carbocycles. The molecule has 0 bridgehead atoms. The minimum absolute atomic E-state index is 0.246. The van der Waals surface area contributed by atoms with E-state index in [1.54, 1.807) is 0 Å². The Kier molecular flexibility index (Phi) is 6.67. The molecule has 0 spiro atoms. The molecular weight excluding hydrogens is 484 g/mol. The number of benzene rings is 4. The molecule has 3 aliphatic rings. The molecule has 2 heteroatoms. The normalized spacial score (nSPS) is 17.5. The van der Waals surface area contributed by atoms with Crippen LogP contribution >= 0.6 is 0 Å². The summed E-state index contributed by atoms with van der Waals surface area (Å²) >= 11 is 0. The standard InChI is InChI=1S/C38H34N2/c1-5-17-29(18-6-1)39(30-19-7-2-8-20-30)37-33-25-13-15-27-35(33)38(36-28-16-14-26-34(36)37)40(31-21-9-3-10-22-31)32-23-11-4-12-24-32/h1-3,5-11,13,15,17-19,21-28,30H,4,12,14,16,20H2. The van der Waals surface area contributed by atoms with Crippen LogP contribution in [0.15, 0.2) is 133 Å². The molecule has 0 fully saturated rings. The van der Waals surface area contributed by atoms with Crippen LogP contribution in [0, 0.1) is 0 Å². The minimum atomic E-state index is 0.246. The van der Waals surface area contributed by atoms with Crippen LogP contribution in [0.3, 0.4) is 0 Å². The van der Waals surface area contributed by atoms with E-state index in [4.69, 9.17) is 0 Å². The molecule has 0 amide bonds. The highest BCUT2D eigenvalue weighted by molar-refractivity contribution is 6.06. The van der Waals surface area contributed by atoms with Crippen molar-refractivity contribution in [2.75, 3.05) is 9.80 Å². The van der Waals surface area contributed by atoms with Crippen LogP contribution in [0.5, 0.6) is 0 Å². The molecule has 0 N–H and O–H groups in total. The highest BCUT2D eigenvalue weighted by atomic mass is 15.2. The summed E-state index contributed by atoms with van der Waals surface area (Å²) in [5, 5.41) is 5.24. The summed E-state index contributed by atoms with van der Waals surface area (Å²) < 4.78 is 0. The fourth-order valence-corrected chi connectivity index (χ4v) is 6.39. The summed E-state index contributed by atoms with van der Waals surface area (Å²) in [4.78, 5) is 5.07. The summed E-state index contributed by atoms with van der Waals surface area (Å²) in [7, 11) is 0. The molecule has 0 saturated heterocycles. The zero-order valence-electron chi connectivity index (χ0n) is 22.8. The lowest BCUT2D eigenvalue weighted by molar-refractivity contribution is 0.785. The average molecular weight is 519 g/mol. The molecule has 0 aromatic heterocycles. The summed E-state index contributed by atoms with van der Waals surface area (Å²) in [6.45, 7) is 0. The van der Waals surface area contributed by atoms with E-state index in [0.29, 0.717) is 0 Å². The van der Waals surface area contributed by atoms with Crippen LogP contribution in [0.25, 0.3) is 22.9 Å². The molecule has 0 aliphatic heterocycles. The number of hydrogen-bond acceptors (Lipinski definition) is 2. The number of para-hydroxylation sites is 2. The van der Waals surface area contributed by atoms with Crippen molar-refractivity contribution in [3.8, 4) is 0 Å². The number of anilines is 4. The second kappa shape index (κ2) is 10.9. The first kappa shape index (κ1) is 24.5. The minimum Gasteiger partial charge on any atom is -0.333 e. The molecule has 0 saturated carbocycles. The van der Waals surface area contributed by atoms with Crippen LogP contribution in [0.2, 0.25) is 0 Å². The third kappa shape index (κ3) is 4.40. The smallest absolute Gasteiger partial charge is 0.0616 e. The molecule has 4 aromatic rings. The van der Waals surface area contributed by atoms with Gasteiger partial charge >= 0.3 is 0 Å². The first-order chi connectivity index (χ1) is 19.9. The van der Waals surface area contributed by atoms with Crippen LogP contribution in [0.4, 0.5) is 22.7 Å². The van der Waals surface area contributed by atoms with Crippen molar-refractivity contribution < 1.29 is 0 Å². The van der Waals surface area contributed by atoms with Crippen molar-refractivity contribution in [1.29, 1.82) is 0 Å². The van der Waals surface area contributed by atoms with Gasteiger partial charge in [0, 0.05) is 38.3 Å². The van der Waals surface area contributed by atoms with E-state index in [1.807, 2.05) is 0 Å². The SMILES string of the molecule is C1=CCC(N(c2ccccc2)c2c3c(c(N(C4=CCCC=C4)c4ccccc4)c4ccccc24)=CCCC=3)C=C1. The predicted molar refractivity (Wildman–Crippen MR) is 172 cm³/mol. The second-order valence-electron chi connectivity index (χ2n) is 10.7. The van der Waals surface area contributed by atoms with Gasteiger partial charge in [0.2, 0.25) is 0 Å². The van der Waals surface area contributed by atoms with Gasteiger partial charge in [-0.3, -0.25) is 0 Å². The Labute approximate surface area is 236 Å². The molecular formula is C38H34N2. The number of nitrogens with zero attached hydrogens (tertiary/aromatic N) is 2. The van der Waals surface area contributed by atoms with Gasteiger partial charge in [-0.15, -0.1) is 0 Å². The summed E-state index contributed by atoms with van der Waals surface area (Å²) in [5.74, 6) is 0. The maximum Gasteiger partial charge on any atom is 0.0616 e. The van der Waals surface area contributed by atoms with Crippen molar-refractivity contribution in [3.05, 3.63) is 144 Å². The maximum atomic E-state index is 2.58. The van der Waals surface area contributed by atoms with Gasteiger partial charge in [-0.2, -0.15) is 0 Å². The molecule has 1 atom stereocenters. The molecule has 1 unspecified atom stereocenters. The Morgan fingerprint density at radius 3 is 1.82 bits per heavy atom. The van der Waals surface area contributed by atoms with Crippen molar-refractivity contribution in [1.82, 2.24) is 0 Å². The van der Waals surface area contributed by atoms with Gasteiger partial charge in [0.1, 0.15) is 0 Å². The van der Waals surface area contributed by atoms with E-state index in [-0.39, 0.29) is 6.04 Å². The lowest BCUT2D eigenvalue weighted by Crippen LogP contribution is -2.41. The number of fused-ring (bicyclic) bond motifs is 2. The zero-order valence-corrected chi connectivity index (χ0v) is 22.8. The molecule has 7 rings (SSSR count). The topological polar surface area (TPSA) is 6.48 Å². The van der Waals surface area contributed by atoms with E-state index in [2.05, 4.69) is 149 Å². The van der Waals surface area contributed by atoms with Crippen molar-refractivity contribution in [2.45, 2.75) is 38.1 Å². The third-order valence-electron chi connectivity index (χ3n) is 8.14. The van der Waals surface area contributed by atoms with Gasteiger partial charge in [0.25, 0.3) is 0 Å². The van der Waals surface area contributed by atoms with Gasteiger partial charge in [-0.25, -0.2) is 0 Å². The fourth-order valence-electron chi connectivity index (χ4n) is 6.39. The van der Waals surface area contributed by atoms with Crippen molar-refractivity contribution in [2.24, 2.45) is 0 Å². The van der Waals surface area contributed by atoms with Crippen molar-refractivity contribution >= 4 is 45.7 Å². The van der Waals surface area contributed by atoms with Crippen molar-refractivity contribution in [3.63, 3.8) is 0 Å². The first-order valence-corrected chi connectivity index (χ1v) is 14.5. The highest BCUT2D eigenvalue weighted by Gasteiger charge is 2.27. The second-order valence-corrected chi connectivity index (χ2v) is 10.7. The summed E-state index contributed by atoms with van der Waals surface area (Å²) in [6, 6.07) is 31.1. The van der Waals surface area contributed by atoms with E-state index in [0.717, 1.165) is 32.1 Å². The Morgan fingerprint density at radius 2 is 1.18 bits per heavy atom. The molecule has 0 heterocycles. The van der Waals surface area contributed by atoms with E-state index in [1.165, 1.54) is 49.7 Å². The number of allylic oxidation sites excluding steroid dienone is 5. The summed E-state index contributed by atoms with van der Waals surface area (Å²) in [5.41, 5.74) is 6.25. The molecule has 2 nitrogen and oxygen atoms in total. The van der Waals surface area contributed by atoms with Gasteiger partial charge in [-0.1, -0.05) is 109 Å². The van der Waals surface area contributed by atoms with E-state index < -0.39 is 0 Å². The number of rotatable bonds is 6. The van der Waals surface area contributed by atoms with Crippen LogP contribution in [-0.4, -0.2) is 6.04 Å². The first-order valence-electron chi connectivity index (χ1n) is 14.5. The predicted octanol–water partition coefficient (Wildman–Crippen LogP) is 8.59. The van der Waals surface area contributed by atoms with E-state index >= 15 is 0 Å². The van der Waals surface area contributed by atoms with Gasteiger partial charge in [0.15, 0.2) is 0 Å². The lowest BCUT2D eigenvalue weighted by Gasteiger charge is -2.36. The van der Waals surface area contributed by atoms with Crippen LogP contribution in [-0.2, 0) is 0 Å². The maximum absolute atomic E-state index is 2.58. The Hall–Kier alpha value is -4.56. The van der Waals surface area contributed by atoms with Gasteiger partial charge < -0.3 is 9.80 Å². The molecule has 40 heavy (non-hydrogen) atoms. The Balaban J connectivity index is 1.58.